The third kappa shape index (κ3) is 2.06. The van der Waals surface area contributed by atoms with Crippen molar-refractivity contribution in [3.05, 3.63) is 30.6 Å². The fourth-order valence-corrected chi connectivity index (χ4v) is 3.37. The number of rotatable bonds is 2. The van der Waals surface area contributed by atoms with E-state index in [-0.39, 0.29) is 11.9 Å². The van der Waals surface area contributed by atoms with Crippen molar-refractivity contribution in [1.82, 2.24) is 24.6 Å². The Morgan fingerprint density at radius 1 is 1.35 bits per heavy atom. The zero-order valence-corrected chi connectivity index (χ0v) is 11.2. The molecule has 4 heterocycles. The van der Waals surface area contributed by atoms with Crippen LogP contribution in [0.2, 0.25) is 0 Å². The first kappa shape index (κ1) is 11.8. The lowest BCUT2D eigenvalue weighted by Crippen LogP contribution is -2.47. The van der Waals surface area contributed by atoms with Gasteiger partial charge in [0.1, 0.15) is 18.3 Å². The zero-order chi connectivity index (χ0) is 13.5. The molecule has 20 heavy (non-hydrogen) atoms. The molecule has 0 saturated carbocycles. The molecule has 0 aliphatic carbocycles. The first-order chi connectivity index (χ1) is 9.78. The molecule has 2 bridgehead atoms. The molecule has 1 N–H and O–H groups in total. The van der Waals surface area contributed by atoms with E-state index >= 15 is 0 Å². The Balaban J connectivity index is 1.49. The number of fused-ring (bicyclic) bond motifs is 3. The van der Waals surface area contributed by atoms with E-state index in [1.54, 1.807) is 29.3 Å². The molecular formula is C14H17N5O. The Morgan fingerprint density at radius 2 is 2.30 bits per heavy atom. The van der Waals surface area contributed by atoms with E-state index in [0.717, 1.165) is 24.4 Å². The van der Waals surface area contributed by atoms with Crippen molar-refractivity contribution >= 4 is 11.4 Å². The van der Waals surface area contributed by atoms with Gasteiger partial charge in [-0.05, 0) is 31.4 Å². The maximum absolute atomic E-state index is 12.3. The van der Waals surface area contributed by atoms with Gasteiger partial charge in [0.15, 0.2) is 0 Å². The van der Waals surface area contributed by atoms with Gasteiger partial charge < -0.3 is 10.2 Å². The van der Waals surface area contributed by atoms with Crippen molar-refractivity contribution in [2.24, 2.45) is 5.92 Å². The Labute approximate surface area is 116 Å². The summed E-state index contributed by atoms with van der Waals surface area (Å²) < 4.78 is 1.79. The monoisotopic (exact) mass is 271 g/mol. The van der Waals surface area contributed by atoms with Gasteiger partial charge >= 0.3 is 0 Å². The van der Waals surface area contributed by atoms with Crippen LogP contribution in [0, 0.1) is 5.92 Å². The van der Waals surface area contributed by atoms with E-state index in [4.69, 9.17) is 0 Å². The highest BCUT2D eigenvalue weighted by atomic mass is 16.1. The summed E-state index contributed by atoms with van der Waals surface area (Å²) in [7, 11) is 0. The molecule has 2 aromatic rings. The number of carbonyl (C=O) groups is 1. The Bertz CT molecular complexity index is 640. The van der Waals surface area contributed by atoms with Crippen LogP contribution in [0.25, 0.3) is 5.52 Å². The van der Waals surface area contributed by atoms with E-state index in [0.29, 0.717) is 5.69 Å². The minimum atomic E-state index is -0.0822. The second kappa shape index (κ2) is 4.56. The number of nitrogens with one attached hydrogen (secondary N) is 1. The fourth-order valence-electron chi connectivity index (χ4n) is 3.37. The first-order valence-electron chi connectivity index (χ1n) is 7.09. The summed E-state index contributed by atoms with van der Waals surface area (Å²) in [6, 6.07) is 2.03. The summed E-state index contributed by atoms with van der Waals surface area (Å²) in [5.74, 6) is 0.667. The predicted molar refractivity (Wildman–Crippen MR) is 73.4 cm³/mol. The molecule has 4 rings (SSSR count). The maximum Gasteiger partial charge on any atom is 0.270 e. The summed E-state index contributed by atoms with van der Waals surface area (Å²) in [5.41, 5.74) is 1.35. The van der Waals surface area contributed by atoms with Crippen molar-refractivity contribution in [2.75, 3.05) is 19.6 Å². The molecule has 0 spiro atoms. The molecular weight excluding hydrogens is 254 g/mol. The van der Waals surface area contributed by atoms with Gasteiger partial charge in [0.05, 0.1) is 11.7 Å². The first-order valence-corrected chi connectivity index (χ1v) is 7.09. The van der Waals surface area contributed by atoms with Gasteiger partial charge in [-0.1, -0.05) is 0 Å². The van der Waals surface area contributed by atoms with E-state index < -0.39 is 0 Å². The van der Waals surface area contributed by atoms with Gasteiger partial charge in [-0.3, -0.25) is 9.20 Å². The van der Waals surface area contributed by atoms with E-state index in [2.05, 4.69) is 20.2 Å². The predicted octanol–water partition coefficient (Wildman–Crippen LogP) is 0.553. The number of amides is 1. The minimum Gasteiger partial charge on any atom is -0.347 e. The zero-order valence-electron chi connectivity index (χ0n) is 11.2. The third-order valence-electron chi connectivity index (χ3n) is 4.34. The highest BCUT2D eigenvalue weighted by molar-refractivity contribution is 5.93. The van der Waals surface area contributed by atoms with Crippen molar-refractivity contribution in [2.45, 2.75) is 18.9 Å². The normalized spacial score (nSPS) is 28.7. The number of aromatic nitrogens is 3. The van der Waals surface area contributed by atoms with Gasteiger partial charge in [0.25, 0.3) is 5.91 Å². The third-order valence-corrected chi connectivity index (χ3v) is 4.34. The van der Waals surface area contributed by atoms with Gasteiger partial charge in [-0.25, -0.2) is 9.97 Å². The average molecular weight is 271 g/mol. The van der Waals surface area contributed by atoms with E-state index in [9.17, 15) is 4.79 Å². The molecule has 1 amide bonds. The number of piperidine rings is 1. The van der Waals surface area contributed by atoms with Gasteiger partial charge in [-0.2, -0.15) is 0 Å². The Kier molecular flexibility index (Phi) is 2.70. The van der Waals surface area contributed by atoms with E-state index in [1.165, 1.54) is 19.5 Å². The topological polar surface area (TPSA) is 62.5 Å². The van der Waals surface area contributed by atoms with Crippen LogP contribution in [0.5, 0.6) is 0 Å². The van der Waals surface area contributed by atoms with Crippen molar-refractivity contribution < 1.29 is 4.79 Å². The fraction of sp³-hybridized carbons (Fsp3) is 0.500. The van der Waals surface area contributed by atoms with Crippen molar-refractivity contribution in [3.63, 3.8) is 0 Å². The van der Waals surface area contributed by atoms with E-state index in [1.807, 2.05) is 0 Å². The van der Waals surface area contributed by atoms with Crippen molar-refractivity contribution in [1.29, 1.82) is 0 Å². The summed E-state index contributed by atoms with van der Waals surface area (Å²) in [5, 5.41) is 3.12. The number of hydrogen-bond donors (Lipinski definition) is 1. The van der Waals surface area contributed by atoms with Crippen LogP contribution >= 0.6 is 0 Å². The molecule has 0 aromatic carbocycles. The van der Waals surface area contributed by atoms with Crippen LogP contribution in [0.4, 0.5) is 0 Å². The number of carbonyl (C=O) groups excluding carboxylic acids is 1. The molecule has 2 aromatic heterocycles. The summed E-state index contributed by atoms with van der Waals surface area (Å²) >= 11 is 0. The van der Waals surface area contributed by atoms with Crippen LogP contribution in [-0.2, 0) is 0 Å². The lowest BCUT2D eigenvalue weighted by atomic mass is 9.97. The average Bonchev–Trinajstić information content (AvgIpc) is 3.04. The Hall–Kier alpha value is -1.95. The molecule has 2 fully saturated rings. The smallest absolute Gasteiger partial charge is 0.270 e. The highest BCUT2D eigenvalue weighted by Gasteiger charge is 2.33. The van der Waals surface area contributed by atoms with Gasteiger partial charge in [0, 0.05) is 19.1 Å². The molecule has 6 nitrogen and oxygen atoms in total. The molecule has 6 heteroatoms. The molecule has 2 aliphatic heterocycles. The second-order valence-corrected chi connectivity index (χ2v) is 5.82. The summed E-state index contributed by atoms with van der Waals surface area (Å²) in [6.07, 6.45) is 7.40. The molecule has 2 saturated heterocycles. The molecule has 104 valence electrons. The standard InChI is InChI=1S/C14H17N5O/c20-14(13-4-12-5-15-8-19(12)9-16-13)17-11-3-10-1-2-18(6-10)7-11/h4-5,8-11H,1-3,6-7H2,(H,17,20)/t10?,11-/m1/s1. The van der Waals surface area contributed by atoms with Crippen molar-refractivity contribution in [3.8, 4) is 0 Å². The largest absolute Gasteiger partial charge is 0.347 e. The van der Waals surface area contributed by atoms with Crippen LogP contribution in [0.15, 0.2) is 24.9 Å². The molecule has 2 unspecified atom stereocenters. The van der Waals surface area contributed by atoms with Crippen LogP contribution < -0.4 is 5.32 Å². The number of hydrogen-bond acceptors (Lipinski definition) is 4. The lowest BCUT2D eigenvalue weighted by molar-refractivity contribution is 0.0904. The quantitative estimate of drug-likeness (QED) is 0.866. The number of nitrogens with zero attached hydrogens (tertiary/aromatic N) is 4. The highest BCUT2D eigenvalue weighted by Crippen LogP contribution is 2.26. The summed E-state index contributed by atoms with van der Waals surface area (Å²) in [4.78, 5) is 23.0. The van der Waals surface area contributed by atoms with Crippen LogP contribution in [0.3, 0.4) is 0 Å². The SMILES string of the molecule is O=C(N[C@@H]1CC2CCN(C2)C1)c1cc2cncn2cn1. The molecule has 0 radical (unpaired) electrons. The minimum absolute atomic E-state index is 0.0822. The van der Waals surface area contributed by atoms with Gasteiger partial charge in [-0.15, -0.1) is 0 Å². The summed E-state index contributed by atoms with van der Waals surface area (Å²) in [6.45, 7) is 3.35. The second-order valence-electron chi connectivity index (χ2n) is 5.82. The number of imidazole rings is 1. The molecule has 2 aliphatic rings. The molecule has 3 atom stereocenters. The Morgan fingerprint density at radius 3 is 3.20 bits per heavy atom. The van der Waals surface area contributed by atoms with Crippen LogP contribution in [0.1, 0.15) is 23.3 Å². The lowest BCUT2D eigenvalue weighted by Gasteiger charge is -2.30. The van der Waals surface area contributed by atoms with Gasteiger partial charge in [0.2, 0.25) is 0 Å². The maximum atomic E-state index is 12.3. The van der Waals surface area contributed by atoms with Crippen LogP contribution in [-0.4, -0.2) is 50.9 Å².